The lowest BCUT2D eigenvalue weighted by atomic mass is 10.1. The lowest BCUT2D eigenvalue weighted by molar-refractivity contribution is 0.103. The maximum Gasteiger partial charge on any atom is 0.265 e. The number of aromatic nitrogens is 1. The summed E-state index contributed by atoms with van der Waals surface area (Å²) in [6.07, 6.45) is 3.13. The third kappa shape index (κ3) is 5.31. The lowest BCUT2D eigenvalue weighted by Crippen LogP contribution is -2.12. The fourth-order valence-electron chi connectivity index (χ4n) is 2.72. The van der Waals surface area contributed by atoms with Gasteiger partial charge in [-0.3, -0.25) is 14.5 Å². The first-order valence-corrected chi connectivity index (χ1v) is 11.6. The van der Waals surface area contributed by atoms with E-state index < -0.39 is 21.7 Å². The molecule has 0 aliphatic carbocycles. The van der Waals surface area contributed by atoms with E-state index in [2.05, 4.69) is 15.0 Å². The van der Waals surface area contributed by atoms with Gasteiger partial charge in [0.25, 0.3) is 5.91 Å². The van der Waals surface area contributed by atoms with E-state index in [0.717, 1.165) is 11.1 Å². The van der Waals surface area contributed by atoms with Crippen LogP contribution in [0.1, 0.15) is 21.5 Å². The third-order valence-electron chi connectivity index (χ3n) is 3.83. The Labute approximate surface area is 176 Å². The predicted molar refractivity (Wildman–Crippen MR) is 115 cm³/mol. The number of nitrogens with one attached hydrogen (secondary N) is 2. The molecule has 2 heterocycles. The number of sulfonamides is 1. The standard InChI is InChI=1S/C19H17ClFN3O3S2/c1-3-16-14(18-15(21)5-4-6-22-18)10-17(28-16)19(25)23-12-7-11(20)8-13(9-12)24-29(2,26)27/h4-10,24H,3H2,1-2H3,(H,23,25). The number of anilines is 2. The molecule has 152 valence electrons. The van der Waals surface area contributed by atoms with Crippen LogP contribution in [0.5, 0.6) is 0 Å². The topological polar surface area (TPSA) is 88.2 Å². The highest BCUT2D eigenvalue weighted by Gasteiger charge is 2.18. The van der Waals surface area contributed by atoms with Crippen LogP contribution < -0.4 is 10.0 Å². The molecule has 1 aromatic carbocycles. The Balaban J connectivity index is 1.90. The smallest absolute Gasteiger partial charge is 0.265 e. The van der Waals surface area contributed by atoms with Gasteiger partial charge in [0, 0.05) is 27.3 Å². The number of carbonyl (C=O) groups is 1. The zero-order chi connectivity index (χ0) is 21.2. The molecule has 6 nitrogen and oxygen atoms in total. The summed E-state index contributed by atoms with van der Waals surface area (Å²) in [4.78, 5) is 18.0. The highest BCUT2D eigenvalue weighted by atomic mass is 35.5. The molecule has 0 radical (unpaired) electrons. The highest BCUT2D eigenvalue weighted by Crippen LogP contribution is 2.33. The van der Waals surface area contributed by atoms with Crippen molar-refractivity contribution < 1.29 is 17.6 Å². The molecule has 0 aliphatic heterocycles. The number of aryl methyl sites for hydroxylation is 1. The van der Waals surface area contributed by atoms with E-state index >= 15 is 0 Å². The molecule has 3 rings (SSSR count). The van der Waals surface area contributed by atoms with E-state index in [1.54, 1.807) is 6.07 Å². The molecular formula is C19H17ClFN3O3S2. The summed E-state index contributed by atoms with van der Waals surface area (Å²) in [5.74, 6) is -0.877. The number of rotatable bonds is 6. The first-order valence-electron chi connectivity index (χ1n) is 8.49. The van der Waals surface area contributed by atoms with Gasteiger partial charge in [-0.2, -0.15) is 0 Å². The Hall–Kier alpha value is -2.49. The summed E-state index contributed by atoms with van der Waals surface area (Å²) in [7, 11) is -3.49. The number of hydrogen-bond donors (Lipinski definition) is 2. The van der Waals surface area contributed by atoms with Crippen LogP contribution in [0, 0.1) is 5.82 Å². The van der Waals surface area contributed by atoms with Crippen LogP contribution in [0.25, 0.3) is 11.3 Å². The van der Waals surface area contributed by atoms with E-state index in [1.165, 1.54) is 47.9 Å². The Morgan fingerprint density at radius 2 is 1.97 bits per heavy atom. The van der Waals surface area contributed by atoms with Gasteiger partial charge in [-0.1, -0.05) is 18.5 Å². The molecule has 2 N–H and O–H groups in total. The highest BCUT2D eigenvalue weighted by molar-refractivity contribution is 7.92. The molecule has 29 heavy (non-hydrogen) atoms. The Kier molecular flexibility index (Phi) is 6.21. The predicted octanol–water partition coefficient (Wildman–Crippen LogP) is 4.79. The summed E-state index contributed by atoms with van der Waals surface area (Å²) in [5.41, 5.74) is 1.32. The van der Waals surface area contributed by atoms with Crippen LogP contribution in [0.15, 0.2) is 42.6 Å². The molecule has 1 amide bonds. The van der Waals surface area contributed by atoms with Crippen LogP contribution in [0.3, 0.4) is 0 Å². The number of nitrogens with zero attached hydrogens (tertiary/aromatic N) is 1. The Morgan fingerprint density at radius 1 is 1.24 bits per heavy atom. The van der Waals surface area contributed by atoms with Crippen LogP contribution in [0.2, 0.25) is 5.02 Å². The van der Waals surface area contributed by atoms with Crippen molar-refractivity contribution in [1.29, 1.82) is 0 Å². The minimum absolute atomic E-state index is 0.196. The van der Waals surface area contributed by atoms with Gasteiger partial charge in [0.2, 0.25) is 10.0 Å². The number of thiophene rings is 1. The fraction of sp³-hybridized carbons (Fsp3) is 0.158. The molecule has 0 saturated heterocycles. The summed E-state index contributed by atoms with van der Waals surface area (Å²) in [6.45, 7) is 1.91. The summed E-state index contributed by atoms with van der Waals surface area (Å²) < 4.78 is 39.3. The molecule has 0 bridgehead atoms. The van der Waals surface area contributed by atoms with Crippen molar-refractivity contribution in [1.82, 2.24) is 4.98 Å². The first-order chi connectivity index (χ1) is 13.7. The zero-order valence-corrected chi connectivity index (χ0v) is 17.9. The van der Waals surface area contributed by atoms with E-state index in [0.29, 0.717) is 22.5 Å². The minimum atomic E-state index is -3.49. The Morgan fingerprint density at radius 3 is 2.62 bits per heavy atom. The SMILES string of the molecule is CCc1sc(C(=O)Nc2cc(Cl)cc(NS(C)(=O)=O)c2)cc1-c1ncccc1F. The molecule has 2 aromatic heterocycles. The van der Waals surface area contributed by atoms with Crippen molar-refractivity contribution in [3.8, 4) is 11.3 Å². The van der Waals surface area contributed by atoms with Gasteiger partial charge in [-0.25, -0.2) is 12.8 Å². The molecule has 0 saturated carbocycles. The average molecular weight is 454 g/mol. The van der Waals surface area contributed by atoms with Gasteiger partial charge in [-0.05, 0) is 42.8 Å². The maximum atomic E-state index is 14.1. The molecule has 0 aliphatic rings. The first kappa shape index (κ1) is 21.2. The quantitative estimate of drug-likeness (QED) is 0.561. The molecule has 10 heteroatoms. The minimum Gasteiger partial charge on any atom is -0.321 e. The third-order valence-corrected chi connectivity index (χ3v) is 5.93. The summed E-state index contributed by atoms with van der Waals surface area (Å²) in [6, 6.07) is 8.82. The van der Waals surface area contributed by atoms with Gasteiger partial charge in [0.05, 0.1) is 16.8 Å². The second-order valence-electron chi connectivity index (χ2n) is 6.19. The van der Waals surface area contributed by atoms with Gasteiger partial charge < -0.3 is 5.32 Å². The van der Waals surface area contributed by atoms with E-state index in [9.17, 15) is 17.6 Å². The van der Waals surface area contributed by atoms with Crippen molar-refractivity contribution in [3.05, 3.63) is 63.2 Å². The number of hydrogen-bond acceptors (Lipinski definition) is 5. The molecule has 0 fully saturated rings. The molecule has 0 unspecified atom stereocenters. The second kappa shape index (κ2) is 8.48. The molecular weight excluding hydrogens is 437 g/mol. The Bertz CT molecular complexity index is 1180. The van der Waals surface area contributed by atoms with Gasteiger partial charge in [0.1, 0.15) is 11.5 Å². The van der Waals surface area contributed by atoms with Gasteiger partial charge >= 0.3 is 0 Å². The monoisotopic (exact) mass is 453 g/mol. The van der Waals surface area contributed by atoms with Crippen LogP contribution >= 0.6 is 22.9 Å². The van der Waals surface area contributed by atoms with Crippen molar-refractivity contribution in [3.63, 3.8) is 0 Å². The largest absolute Gasteiger partial charge is 0.321 e. The van der Waals surface area contributed by atoms with Crippen molar-refractivity contribution in [2.24, 2.45) is 0 Å². The number of amides is 1. The van der Waals surface area contributed by atoms with Crippen LogP contribution in [-0.4, -0.2) is 25.6 Å². The van der Waals surface area contributed by atoms with E-state index in [-0.39, 0.29) is 16.4 Å². The lowest BCUT2D eigenvalue weighted by Gasteiger charge is -2.09. The molecule has 0 atom stereocenters. The van der Waals surface area contributed by atoms with Crippen molar-refractivity contribution in [2.75, 3.05) is 16.3 Å². The van der Waals surface area contributed by atoms with E-state index in [4.69, 9.17) is 11.6 Å². The fourth-order valence-corrected chi connectivity index (χ4v) is 4.49. The van der Waals surface area contributed by atoms with Gasteiger partial charge in [-0.15, -0.1) is 11.3 Å². The average Bonchev–Trinajstić information content (AvgIpc) is 3.04. The van der Waals surface area contributed by atoms with Crippen molar-refractivity contribution in [2.45, 2.75) is 13.3 Å². The number of pyridine rings is 1. The van der Waals surface area contributed by atoms with Crippen molar-refractivity contribution >= 4 is 50.2 Å². The zero-order valence-electron chi connectivity index (χ0n) is 15.5. The van der Waals surface area contributed by atoms with Crippen LogP contribution in [0.4, 0.5) is 15.8 Å². The normalized spacial score (nSPS) is 11.3. The maximum absolute atomic E-state index is 14.1. The van der Waals surface area contributed by atoms with E-state index in [1.807, 2.05) is 6.92 Å². The number of carbonyl (C=O) groups excluding carboxylic acids is 1. The summed E-state index contributed by atoms with van der Waals surface area (Å²) >= 11 is 7.27. The summed E-state index contributed by atoms with van der Waals surface area (Å²) in [5, 5.41) is 2.95. The molecule has 3 aromatic rings. The number of halogens is 2. The van der Waals surface area contributed by atoms with Gasteiger partial charge in [0.15, 0.2) is 0 Å². The second-order valence-corrected chi connectivity index (χ2v) is 9.51. The van der Waals surface area contributed by atoms with Crippen LogP contribution in [-0.2, 0) is 16.4 Å². The molecule has 0 spiro atoms. The number of benzene rings is 1.